The van der Waals surface area contributed by atoms with E-state index in [4.69, 9.17) is 11.6 Å². The molecular formula is C19H21ClN2O2. The van der Waals surface area contributed by atoms with E-state index in [2.05, 4.69) is 17.6 Å². The quantitative estimate of drug-likeness (QED) is 0.744. The Morgan fingerprint density at radius 3 is 2.46 bits per heavy atom. The molecule has 0 bridgehead atoms. The second-order valence-electron chi connectivity index (χ2n) is 5.51. The van der Waals surface area contributed by atoms with Crippen molar-refractivity contribution in [2.24, 2.45) is 0 Å². The number of unbranched alkanes of at least 4 members (excludes halogenated alkanes) is 1. The third-order valence-corrected chi connectivity index (χ3v) is 3.79. The summed E-state index contributed by atoms with van der Waals surface area (Å²) < 4.78 is 0. The zero-order valence-corrected chi connectivity index (χ0v) is 14.4. The third-order valence-electron chi connectivity index (χ3n) is 3.54. The molecule has 4 nitrogen and oxygen atoms in total. The number of rotatable bonds is 7. The molecule has 0 aliphatic carbocycles. The number of halogens is 1. The Morgan fingerprint density at radius 2 is 1.75 bits per heavy atom. The van der Waals surface area contributed by atoms with Crippen LogP contribution in [0.25, 0.3) is 0 Å². The molecule has 2 aromatic rings. The molecule has 0 aromatic heterocycles. The third kappa shape index (κ3) is 5.39. The number of hydrogen-bond acceptors (Lipinski definition) is 2. The summed E-state index contributed by atoms with van der Waals surface area (Å²) in [5, 5.41) is 6.31. The van der Waals surface area contributed by atoms with Gasteiger partial charge in [0.2, 0.25) is 5.91 Å². The number of hydrogen-bond donors (Lipinski definition) is 2. The molecule has 2 rings (SSSR count). The molecule has 2 aromatic carbocycles. The summed E-state index contributed by atoms with van der Waals surface area (Å²) in [6.45, 7) is 2.69. The molecule has 0 saturated heterocycles. The number of carbonyl (C=O) groups excluding carboxylic acids is 2. The minimum absolute atomic E-state index is 0.175. The number of para-hydroxylation sites is 1. The van der Waals surface area contributed by atoms with Gasteiger partial charge in [0.25, 0.3) is 5.91 Å². The molecule has 0 aliphatic heterocycles. The molecule has 0 heterocycles. The Kier molecular flexibility index (Phi) is 6.82. The smallest absolute Gasteiger partial charge is 0.253 e. The van der Waals surface area contributed by atoms with Crippen molar-refractivity contribution in [1.82, 2.24) is 5.32 Å². The Hall–Kier alpha value is -2.33. The molecule has 0 aliphatic rings. The molecule has 0 fully saturated rings. The normalized spacial score (nSPS) is 10.2. The van der Waals surface area contributed by atoms with Crippen molar-refractivity contribution in [3.63, 3.8) is 0 Å². The first-order valence-electron chi connectivity index (χ1n) is 8.01. The van der Waals surface area contributed by atoms with Crippen molar-refractivity contribution in [2.45, 2.75) is 26.2 Å². The van der Waals surface area contributed by atoms with Gasteiger partial charge in [-0.2, -0.15) is 0 Å². The van der Waals surface area contributed by atoms with Crippen molar-refractivity contribution in [1.29, 1.82) is 0 Å². The fraction of sp³-hybridized carbons (Fsp3) is 0.263. The average Bonchev–Trinajstić information content (AvgIpc) is 2.57. The maximum Gasteiger partial charge on any atom is 0.253 e. The van der Waals surface area contributed by atoms with E-state index in [1.165, 1.54) is 0 Å². The summed E-state index contributed by atoms with van der Waals surface area (Å²) in [5.41, 5.74) is 1.85. The molecule has 0 unspecified atom stereocenters. The number of anilines is 1. The van der Waals surface area contributed by atoms with Crippen molar-refractivity contribution < 1.29 is 9.59 Å². The van der Waals surface area contributed by atoms with Gasteiger partial charge in [-0.15, -0.1) is 0 Å². The maximum atomic E-state index is 12.2. The summed E-state index contributed by atoms with van der Waals surface area (Å²) in [6.07, 6.45) is 2.17. The van der Waals surface area contributed by atoms with Crippen LogP contribution in [0.15, 0.2) is 48.5 Å². The highest BCUT2D eigenvalue weighted by atomic mass is 35.5. The highest BCUT2D eigenvalue weighted by molar-refractivity contribution is 6.30. The average molecular weight is 345 g/mol. The molecule has 0 spiro atoms. The molecule has 5 heteroatoms. The molecule has 126 valence electrons. The first kappa shape index (κ1) is 18.0. The summed E-state index contributed by atoms with van der Waals surface area (Å²) in [5.74, 6) is -0.350. The van der Waals surface area contributed by atoms with E-state index in [-0.39, 0.29) is 18.2 Å². The standard InChI is InChI=1S/C19H21ClN2O2/c1-2-3-12-21-19(24)16-6-4-5-7-17(16)22-18(23)13-14-8-10-15(20)11-9-14/h4-11H,2-3,12-13H2,1H3,(H,21,24)(H,22,23). The predicted molar refractivity (Wildman–Crippen MR) is 97.5 cm³/mol. The molecule has 24 heavy (non-hydrogen) atoms. The SMILES string of the molecule is CCCCNC(=O)c1ccccc1NC(=O)Cc1ccc(Cl)cc1. The van der Waals surface area contributed by atoms with Crippen LogP contribution >= 0.6 is 11.6 Å². The zero-order chi connectivity index (χ0) is 17.4. The first-order valence-corrected chi connectivity index (χ1v) is 8.39. The van der Waals surface area contributed by atoms with E-state index in [0.717, 1.165) is 18.4 Å². The molecule has 0 radical (unpaired) electrons. The number of benzene rings is 2. The highest BCUT2D eigenvalue weighted by Gasteiger charge is 2.13. The number of nitrogens with one attached hydrogen (secondary N) is 2. The van der Waals surface area contributed by atoms with Crippen LogP contribution in [-0.4, -0.2) is 18.4 Å². The minimum Gasteiger partial charge on any atom is -0.352 e. The lowest BCUT2D eigenvalue weighted by Crippen LogP contribution is -2.26. The largest absolute Gasteiger partial charge is 0.352 e. The Labute approximate surface area is 147 Å². The summed E-state index contributed by atoms with van der Waals surface area (Å²) in [6, 6.07) is 14.1. The van der Waals surface area contributed by atoms with Gasteiger partial charge in [-0.25, -0.2) is 0 Å². The van der Waals surface area contributed by atoms with Crippen LogP contribution in [-0.2, 0) is 11.2 Å². The van der Waals surface area contributed by atoms with Crippen LogP contribution in [0.5, 0.6) is 0 Å². The van der Waals surface area contributed by atoms with E-state index in [1.807, 2.05) is 12.1 Å². The van der Waals surface area contributed by atoms with E-state index in [0.29, 0.717) is 22.8 Å². The number of amides is 2. The first-order chi connectivity index (χ1) is 11.6. The summed E-state index contributed by atoms with van der Waals surface area (Å²) in [4.78, 5) is 24.5. The van der Waals surface area contributed by atoms with Gasteiger partial charge in [0.1, 0.15) is 0 Å². The Balaban J connectivity index is 2.02. The Bertz CT molecular complexity index is 699. The molecule has 0 atom stereocenters. The van der Waals surface area contributed by atoms with Crippen LogP contribution in [0.3, 0.4) is 0 Å². The van der Waals surface area contributed by atoms with E-state index >= 15 is 0 Å². The lowest BCUT2D eigenvalue weighted by molar-refractivity contribution is -0.115. The zero-order valence-electron chi connectivity index (χ0n) is 13.6. The fourth-order valence-electron chi connectivity index (χ4n) is 2.25. The monoisotopic (exact) mass is 344 g/mol. The van der Waals surface area contributed by atoms with Gasteiger partial charge in [-0.3, -0.25) is 9.59 Å². The topological polar surface area (TPSA) is 58.2 Å². The van der Waals surface area contributed by atoms with Crippen molar-refractivity contribution in [3.05, 3.63) is 64.7 Å². The number of carbonyl (C=O) groups is 2. The maximum absolute atomic E-state index is 12.2. The van der Waals surface area contributed by atoms with E-state index in [1.54, 1.807) is 36.4 Å². The minimum atomic E-state index is -0.175. The van der Waals surface area contributed by atoms with Gasteiger partial charge in [0.15, 0.2) is 0 Å². The summed E-state index contributed by atoms with van der Waals surface area (Å²) in [7, 11) is 0. The van der Waals surface area contributed by atoms with Crippen molar-refractivity contribution in [3.8, 4) is 0 Å². The molecule has 2 amide bonds. The lowest BCUT2D eigenvalue weighted by Gasteiger charge is -2.11. The fourth-order valence-corrected chi connectivity index (χ4v) is 2.37. The van der Waals surface area contributed by atoms with Crippen LogP contribution in [0.1, 0.15) is 35.7 Å². The second-order valence-corrected chi connectivity index (χ2v) is 5.94. The van der Waals surface area contributed by atoms with Gasteiger partial charge in [0, 0.05) is 11.6 Å². The lowest BCUT2D eigenvalue weighted by atomic mass is 10.1. The van der Waals surface area contributed by atoms with Gasteiger partial charge >= 0.3 is 0 Å². The van der Waals surface area contributed by atoms with Gasteiger partial charge < -0.3 is 10.6 Å². The van der Waals surface area contributed by atoms with Crippen molar-refractivity contribution in [2.75, 3.05) is 11.9 Å². The molecule has 2 N–H and O–H groups in total. The van der Waals surface area contributed by atoms with Gasteiger partial charge in [-0.1, -0.05) is 49.2 Å². The predicted octanol–water partition coefficient (Wildman–Crippen LogP) is 4.05. The van der Waals surface area contributed by atoms with Gasteiger partial charge in [-0.05, 0) is 36.2 Å². The second kappa shape index (κ2) is 9.08. The molecular weight excluding hydrogens is 324 g/mol. The van der Waals surface area contributed by atoms with E-state index in [9.17, 15) is 9.59 Å². The van der Waals surface area contributed by atoms with Crippen LogP contribution < -0.4 is 10.6 Å². The van der Waals surface area contributed by atoms with Crippen LogP contribution in [0.4, 0.5) is 5.69 Å². The molecule has 0 saturated carbocycles. The highest BCUT2D eigenvalue weighted by Crippen LogP contribution is 2.16. The Morgan fingerprint density at radius 1 is 1.04 bits per heavy atom. The van der Waals surface area contributed by atoms with E-state index < -0.39 is 0 Å². The summed E-state index contributed by atoms with van der Waals surface area (Å²) >= 11 is 5.84. The van der Waals surface area contributed by atoms with Crippen LogP contribution in [0.2, 0.25) is 5.02 Å². The van der Waals surface area contributed by atoms with Crippen molar-refractivity contribution >= 4 is 29.1 Å². The van der Waals surface area contributed by atoms with Crippen LogP contribution in [0, 0.1) is 0 Å². The van der Waals surface area contributed by atoms with Gasteiger partial charge in [0.05, 0.1) is 17.7 Å².